The number of hydrogen-bond donors (Lipinski definition) is 1. The molecule has 0 bridgehead atoms. The Labute approximate surface area is 150 Å². The van der Waals surface area contributed by atoms with Gasteiger partial charge in [-0.1, -0.05) is 29.3 Å². The lowest BCUT2D eigenvalue weighted by Crippen LogP contribution is -2.22. The number of sulfonamides is 1. The van der Waals surface area contributed by atoms with Crippen molar-refractivity contribution in [3.05, 3.63) is 57.8 Å². The van der Waals surface area contributed by atoms with Crippen molar-refractivity contribution >= 4 is 44.3 Å². The molecule has 0 atom stereocenters. The van der Waals surface area contributed by atoms with Gasteiger partial charge in [0.15, 0.2) is 0 Å². The highest BCUT2D eigenvalue weighted by Gasteiger charge is 2.18. The molecule has 3 aromatic rings. The van der Waals surface area contributed by atoms with Gasteiger partial charge in [-0.2, -0.15) is 0 Å². The van der Waals surface area contributed by atoms with Gasteiger partial charge in [0.1, 0.15) is 5.82 Å². The molecule has 3 rings (SSSR count). The van der Waals surface area contributed by atoms with E-state index < -0.39 is 10.0 Å². The van der Waals surface area contributed by atoms with Crippen molar-refractivity contribution in [3.8, 4) is 0 Å². The molecule has 2 aromatic carbocycles. The largest absolute Gasteiger partial charge is 0.342 e. The summed E-state index contributed by atoms with van der Waals surface area (Å²) in [6.07, 6.45) is 0.543. The number of H-pyrrole nitrogens is 1. The van der Waals surface area contributed by atoms with Gasteiger partial charge in [0.05, 0.1) is 26.0 Å². The average molecular weight is 384 g/mol. The third-order valence-corrected chi connectivity index (χ3v) is 6.19. The first-order chi connectivity index (χ1) is 11.3. The summed E-state index contributed by atoms with van der Waals surface area (Å²) >= 11 is 11.9. The maximum Gasteiger partial charge on any atom is 0.242 e. The summed E-state index contributed by atoms with van der Waals surface area (Å²) in [5, 5.41) is 0.994. The molecule has 0 fully saturated rings. The van der Waals surface area contributed by atoms with Crippen molar-refractivity contribution in [2.75, 3.05) is 14.1 Å². The van der Waals surface area contributed by atoms with Crippen molar-refractivity contribution < 1.29 is 8.42 Å². The Morgan fingerprint density at radius 3 is 2.50 bits per heavy atom. The zero-order valence-corrected chi connectivity index (χ0v) is 15.4. The van der Waals surface area contributed by atoms with Gasteiger partial charge in [-0.25, -0.2) is 17.7 Å². The smallest absolute Gasteiger partial charge is 0.242 e. The number of aromatic nitrogens is 2. The first kappa shape index (κ1) is 17.2. The van der Waals surface area contributed by atoms with Crippen LogP contribution in [-0.4, -0.2) is 36.8 Å². The lowest BCUT2D eigenvalue weighted by atomic mass is 10.1. The Kier molecular flexibility index (Phi) is 4.57. The van der Waals surface area contributed by atoms with E-state index in [1.807, 2.05) is 6.07 Å². The number of halogens is 2. The molecule has 0 spiro atoms. The number of fused-ring (bicyclic) bond motifs is 1. The Morgan fingerprint density at radius 1 is 1.08 bits per heavy atom. The zero-order valence-electron chi connectivity index (χ0n) is 13.0. The minimum absolute atomic E-state index is 0.215. The lowest BCUT2D eigenvalue weighted by Gasteiger charge is -2.10. The van der Waals surface area contributed by atoms with E-state index in [-0.39, 0.29) is 4.90 Å². The van der Waals surface area contributed by atoms with Gasteiger partial charge < -0.3 is 4.98 Å². The molecule has 0 saturated heterocycles. The molecule has 126 valence electrons. The standard InChI is InChI=1S/C16H15Cl2N3O2S/c1-21(2)24(22,23)11-4-6-14-15(9-11)20-16(19-14)8-10-3-5-12(17)13(18)7-10/h3-7,9H,8H2,1-2H3,(H,19,20). The van der Waals surface area contributed by atoms with Crippen LogP contribution >= 0.6 is 23.2 Å². The summed E-state index contributed by atoms with van der Waals surface area (Å²) in [5.41, 5.74) is 2.35. The highest BCUT2D eigenvalue weighted by molar-refractivity contribution is 7.89. The van der Waals surface area contributed by atoms with Crippen LogP contribution in [0.1, 0.15) is 11.4 Å². The molecule has 0 saturated carbocycles. The van der Waals surface area contributed by atoms with Crippen LogP contribution in [0.5, 0.6) is 0 Å². The number of rotatable bonds is 4. The Morgan fingerprint density at radius 2 is 1.83 bits per heavy atom. The molecule has 0 radical (unpaired) electrons. The third-order valence-electron chi connectivity index (χ3n) is 3.64. The number of imidazole rings is 1. The van der Waals surface area contributed by atoms with Gasteiger partial charge in [0.25, 0.3) is 0 Å². The van der Waals surface area contributed by atoms with E-state index >= 15 is 0 Å². The SMILES string of the molecule is CN(C)S(=O)(=O)c1ccc2[nH]c(Cc3ccc(Cl)c(Cl)c3)nc2c1. The molecule has 0 unspecified atom stereocenters. The summed E-state index contributed by atoms with van der Waals surface area (Å²) in [6.45, 7) is 0. The van der Waals surface area contributed by atoms with Crippen molar-refractivity contribution in [3.63, 3.8) is 0 Å². The number of hydrogen-bond acceptors (Lipinski definition) is 3. The molecule has 1 aromatic heterocycles. The summed E-state index contributed by atoms with van der Waals surface area (Å²) in [5.74, 6) is 0.725. The maximum atomic E-state index is 12.2. The number of aromatic amines is 1. The van der Waals surface area contributed by atoms with E-state index in [1.54, 1.807) is 30.3 Å². The molecule has 1 N–H and O–H groups in total. The molecule has 0 aliphatic rings. The molecule has 0 amide bonds. The molecule has 0 aliphatic carbocycles. The Balaban J connectivity index is 1.95. The van der Waals surface area contributed by atoms with Gasteiger partial charge in [0.2, 0.25) is 10.0 Å². The molecular formula is C16H15Cl2N3O2S. The zero-order chi connectivity index (χ0) is 17.5. The minimum atomic E-state index is -3.48. The van der Waals surface area contributed by atoms with Crippen LogP contribution in [-0.2, 0) is 16.4 Å². The summed E-state index contributed by atoms with van der Waals surface area (Å²) < 4.78 is 25.6. The predicted octanol–water partition coefficient (Wildman–Crippen LogP) is 3.71. The highest BCUT2D eigenvalue weighted by Crippen LogP contribution is 2.24. The van der Waals surface area contributed by atoms with Crippen LogP contribution < -0.4 is 0 Å². The fourth-order valence-corrected chi connectivity index (χ4v) is 3.58. The van der Waals surface area contributed by atoms with Gasteiger partial charge in [-0.3, -0.25) is 0 Å². The van der Waals surface area contributed by atoms with Gasteiger partial charge in [-0.05, 0) is 35.9 Å². The van der Waals surface area contributed by atoms with Crippen LogP contribution in [0.25, 0.3) is 11.0 Å². The van der Waals surface area contributed by atoms with Crippen LogP contribution in [0.3, 0.4) is 0 Å². The average Bonchev–Trinajstić information content (AvgIpc) is 2.92. The van der Waals surface area contributed by atoms with E-state index in [2.05, 4.69) is 9.97 Å². The van der Waals surface area contributed by atoms with Crippen molar-refractivity contribution in [2.45, 2.75) is 11.3 Å². The van der Waals surface area contributed by atoms with E-state index in [1.165, 1.54) is 18.4 Å². The molecule has 0 aliphatic heterocycles. The van der Waals surface area contributed by atoms with Crippen LogP contribution in [0.4, 0.5) is 0 Å². The van der Waals surface area contributed by atoms with Crippen molar-refractivity contribution in [1.29, 1.82) is 0 Å². The summed E-state index contributed by atoms with van der Waals surface area (Å²) in [7, 11) is -0.481. The quantitative estimate of drug-likeness (QED) is 0.746. The van der Waals surface area contributed by atoms with Crippen molar-refractivity contribution in [2.24, 2.45) is 0 Å². The van der Waals surface area contributed by atoms with E-state index in [0.29, 0.717) is 22.0 Å². The fraction of sp³-hybridized carbons (Fsp3) is 0.188. The Hall–Kier alpha value is -1.60. The minimum Gasteiger partial charge on any atom is -0.342 e. The van der Waals surface area contributed by atoms with Gasteiger partial charge in [0, 0.05) is 20.5 Å². The second-order valence-electron chi connectivity index (χ2n) is 5.58. The van der Waals surface area contributed by atoms with E-state index in [9.17, 15) is 8.42 Å². The van der Waals surface area contributed by atoms with Crippen LogP contribution in [0.2, 0.25) is 10.0 Å². The normalized spacial score (nSPS) is 12.2. The molecule has 1 heterocycles. The lowest BCUT2D eigenvalue weighted by molar-refractivity contribution is 0.521. The Bertz CT molecular complexity index is 1010. The highest BCUT2D eigenvalue weighted by atomic mass is 35.5. The fourth-order valence-electron chi connectivity index (χ4n) is 2.34. The van der Waals surface area contributed by atoms with E-state index in [0.717, 1.165) is 16.9 Å². The number of nitrogens with one attached hydrogen (secondary N) is 1. The molecule has 24 heavy (non-hydrogen) atoms. The summed E-state index contributed by atoms with van der Waals surface area (Å²) in [4.78, 5) is 7.88. The third kappa shape index (κ3) is 3.28. The first-order valence-corrected chi connectivity index (χ1v) is 9.32. The topological polar surface area (TPSA) is 66.1 Å². The molecule has 8 heteroatoms. The van der Waals surface area contributed by atoms with Gasteiger partial charge in [-0.15, -0.1) is 0 Å². The second-order valence-corrected chi connectivity index (χ2v) is 8.54. The van der Waals surface area contributed by atoms with Crippen molar-refractivity contribution in [1.82, 2.24) is 14.3 Å². The van der Waals surface area contributed by atoms with Crippen LogP contribution in [0, 0.1) is 0 Å². The number of benzene rings is 2. The maximum absolute atomic E-state index is 12.2. The monoisotopic (exact) mass is 383 g/mol. The van der Waals surface area contributed by atoms with Crippen LogP contribution in [0.15, 0.2) is 41.3 Å². The molecule has 5 nitrogen and oxygen atoms in total. The second kappa shape index (κ2) is 6.37. The first-order valence-electron chi connectivity index (χ1n) is 7.12. The molecular weight excluding hydrogens is 369 g/mol. The summed E-state index contributed by atoms with van der Waals surface area (Å²) in [6, 6.07) is 10.3. The van der Waals surface area contributed by atoms with E-state index in [4.69, 9.17) is 23.2 Å². The number of nitrogens with zero attached hydrogens (tertiary/aromatic N) is 2. The van der Waals surface area contributed by atoms with Gasteiger partial charge >= 0.3 is 0 Å². The predicted molar refractivity (Wildman–Crippen MR) is 96.2 cm³/mol.